The van der Waals surface area contributed by atoms with Crippen LogP contribution in [0.3, 0.4) is 0 Å². The van der Waals surface area contributed by atoms with Crippen molar-refractivity contribution in [3.63, 3.8) is 0 Å². The first-order chi connectivity index (χ1) is 11.7. The average Bonchev–Trinajstić information content (AvgIpc) is 2.99. The van der Waals surface area contributed by atoms with E-state index in [1.54, 1.807) is 18.0 Å². The van der Waals surface area contributed by atoms with E-state index in [0.29, 0.717) is 22.7 Å². The maximum absolute atomic E-state index is 12.0. The maximum Gasteiger partial charge on any atom is 0.359 e. The average molecular weight is 344 g/mol. The van der Waals surface area contributed by atoms with Crippen LogP contribution >= 0.6 is 11.8 Å². The number of hydrogen-bond donors (Lipinski definition) is 0. The lowest BCUT2D eigenvalue weighted by Gasteiger charge is -2.05. The fraction of sp³-hybridized carbons (Fsp3) is 0.250. The Morgan fingerprint density at radius 3 is 2.62 bits per heavy atom. The molecule has 0 atom stereocenters. The van der Waals surface area contributed by atoms with Crippen molar-refractivity contribution in [2.75, 3.05) is 20.5 Å². The minimum atomic E-state index is -0.506. The minimum absolute atomic E-state index is 0.216. The third kappa shape index (κ3) is 3.05. The van der Waals surface area contributed by atoms with Crippen LogP contribution in [0.2, 0.25) is 0 Å². The van der Waals surface area contributed by atoms with E-state index < -0.39 is 5.97 Å². The van der Waals surface area contributed by atoms with Gasteiger partial charge in [0.25, 0.3) is 0 Å². The topological polar surface area (TPSA) is 79.1 Å². The van der Waals surface area contributed by atoms with E-state index in [4.69, 9.17) is 9.47 Å². The van der Waals surface area contributed by atoms with Crippen molar-refractivity contribution in [3.8, 4) is 5.75 Å². The van der Waals surface area contributed by atoms with Crippen LogP contribution in [0.4, 0.5) is 0 Å². The number of methoxy groups -OCH3 is 2. The highest BCUT2D eigenvalue weighted by Crippen LogP contribution is 2.21. The highest BCUT2D eigenvalue weighted by molar-refractivity contribution is 7.98. The van der Waals surface area contributed by atoms with Gasteiger partial charge in [-0.15, -0.1) is 0 Å². The van der Waals surface area contributed by atoms with E-state index in [1.807, 2.05) is 30.5 Å². The number of carbonyl (C=O) groups excluding carboxylic acids is 1. The molecule has 3 aromatic rings. The second kappa shape index (κ2) is 6.88. The molecule has 0 amide bonds. The molecule has 124 valence electrons. The zero-order valence-corrected chi connectivity index (χ0v) is 14.3. The lowest BCUT2D eigenvalue weighted by atomic mass is 10.2. The summed E-state index contributed by atoms with van der Waals surface area (Å²) in [5.74, 6) is 0.278. The van der Waals surface area contributed by atoms with Gasteiger partial charge in [-0.1, -0.05) is 23.9 Å². The standard InChI is InChI=1S/C16H16N4O3S/c1-22-11-6-4-10(5-7-11)9-20-14-12(8-17-16(18-14)24-3)13(19-20)15(21)23-2/h4-8H,9H2,1-3H3. The summed E-state index contributed by atoms with van der Waals surface area (Å²) >= 11 is 1.43. The maximum atomic E-state index is 12.0. The van der Waals surface area contributed by atoms with Crippen LogP contribution < -0.4 is 4.74 Å². The first-order valence-corrected chi connectivity index (χ1v) is 8.37. The molecule has 7 nitrogen and oxygen atoms in total. The molecule has 0 spiro atoms. The van der Waals surface area contributed by atoms with Crippen molar-refractivity contribution >= 4 is 28.8 Å². The zero-order valence-electron chi connectivity index (χ0n) is 13.5. The Balaban J connectivity index is 2.06. The molecule has 2 aromatic heterocycles. The van der Waals surface area contributed by atoms with E-state index in [1.165, 1.54) is 18.9 Å². The lowest BCUT2D eigenvalue weighted by molar-refractivity contribution is 0.0595. The fourth-order valence-corrected chi connectivity index (χ4v) is 2.64. The van der Waals surface area contributed by atoms with Crippen LogP contribution in [0.1, 0.15) is 16.1 Å². The summed E-state index contributed by atoms with van der Waals surface area (Å²) in [5.41, 5.74) is 1.83. The number of thioether (sulfide) groups is 1. The Labute approximate surface area is 143 Å². The molecule has 0 bridgehead atoms. The van der Waals surface area contributed by atoms with Crippen molar-refractivity contribution in [1.29, 1.82) is 0 Å². The molecule has 0 saturated carbocycles. The summed E-state index contributed by atoms with van der Waals surface area (Å²) in [4.78, 5) is 20.7. The van der Waals surface area contributed by atoms with Gasteiger partial charge in [0.05, 0.1) is 26.2 Å². The minimum Gasteiger partial charge on any atom is -0.497 e. The normalized spacial score (nSPS) is 10.8. The Bertz CT molecular complexity index is 877. The second-order valence-electron chi connectivity index (χ2n) is 4.94. The Morgan fingerprint density at radius 1 is 1.25 bits per heavy atom. The first kappa shape index (κ1) is 16.3. The Kier molecular flexibility index (Phi) is 4.66. The van der Waals surface area contributed by atoms with E-state index in [-0.39, 0.29) is 5.69 Å². The van der Waals surface area contributed by atoms with Crippen LogP contribution in [-0.4, -0.2) is 46.2 Å². The molecule has 3 rings (SSSR count). The molecular formula is C16H16N4O3S. The lowest BCUT2D eigenvalue weighted by Crippen LogP contribution is -2.06. The number of benzene rings is 1. The van der Waals surface area contributed by atoms with Gasteiger partial charge in [-0.05, 0) is 24.0 Å². The number of esters is 1. The SMILES string of the molecule is COC(=O)c1nn(Cc2ccc(OC)cc2)c2nc(SC)ncc12. The van der Waals surface area contributed by atoms with E-state index in [2.05, 4.69) is 15.1 Å². The molecule has 24 heavy (non-hydrogen) atoms. The first-order valence-electron chi connectivity index (χ1n) is 7.15. The third-order valence-electron chi connectivity index (χ3n) is 3.52. The molecular weight excluding hydrogens is 328 g/mol. The number of aromatic nitrogens is 4. The third-order valence-corrected chi connectivity index (χ3v) is 4.08. The summed E-state index contributed by atoms with van der Waals surface area (Å²) < 4.78 is 11.7. The largest absolute Gasteiger partial charge is 0.497 e. The summed E-state index contributed by atoms with van der Waals surface area (Å²) in [7, 11) is 2.95. The molecule has 0 fully saturated rings. The second-order valence-corrected chi connectivity index (χ2v) is 5.71. The predicted octanol–water partition coefficient (Wildman–Crippen LogP) is 2.39. The summed E-state index contributed by atoms with van der Waals surface area (Å²) in [6, 6.07) is 7.65. The molecule has 0 aliphatic rings. The van der Waals surface area contributed by atoms with E-state index in [9.17, 15) is 4.79 Å². The van der Waals surface area contributed by atoms with Gasteiger partial charge in [0.1, 0.15) is 5.75 Å². The van der Waals surface area contributed by atoms with Gasteiger partial charge in [0.2, 0.25) is 0 Å². The number of hydrogen-bond acceptors (Lipinski definition) is 7. The van der Waals surface area contributed by atoms with Gasteiger partial charge in [0, 0.05) is 6.20 Å². The molecule has 1 aromatic carbocycles. The van der Waals surface area contributed by atoms with Crippen molar-refractivity contribution in [1.82, 2.24) is 19.7 Å². The molecule has 0 N–H and O–H groups in total. The Morgan fingerprint density at radius 2 is 2.00 bits per heavy atom. The van der Waals surface area contributed by atoms with Crippen molar-refractivity contribution in [2.45, 2.75) is 11.7 Å². The summed E-state index contributed by atoms with van der Waals surface area (Å²) in [6.45, 7) is 0.475. The molecule has 8 heteroatoms. The summed E-state index contributed by atoms with van der Waals surface area (Å²) in [6.07, 6.45) is 3.50. The highest BCUT2D eigenvalue weighted by Gasteiger charge is 2.20. The Hall–Kier alpha value is -2.61. The molecule has 0 aliphatic heterocycles. The van der Waals surface area contributed by atoms with Crippen LogP contribution in [0.15, 0.2) is 35.6 Å². The number of carbonyl (C=O) groups is 1. The van der Waals surface area contributed by atoms with E-state index in [0.717, 1.165) is 11.3 Å². The summed E-state index contributed by atoms with van der Waals surface area (Å²) in [5, 5.41) is 5.57. The van der Waals surface area contributed by atoms with Crippen LogP contribution in [0.5, 0.6) is 5.75 Å². The van der Waals surface area contributed by atoms with Crippen molar-refractivity contribution < 1.29 is 14.3 Å². The van der Waals surface area contributed by atoms with Crippen molar-refractivity contribution in [3.05, 3.63) is 41.7 Å². The number of fused-ring (bicyclic) bond motifs is 1. The zero-order chi connectivity index (χ0) is 17.1. The van der Waals surface area contributed by atoms with Crippen LogP contribution in [-0.2, 0) is 11.3 Å². The highest BCUT2D eigenvalue weighted by atomic mass is 32.2. The van der Waals surface area contributed by atoms with Gasteiger partial charge >= 0.3 is 5.97 Å². The van der Waals surface area contributed by atoms with Gasteiger partial charge in [-0.3, -0.25) is 0 Å². The quantitative estimate of drug-likeness (QED) is 0.399. The molecule has 0 saturated heterocycles. The number of nitrogens with zero attached hydrogens (tertiary/aromatic N) is 4. The molecule has 0 aliphatic carbocycles. The van der Waals surface area contributed by atoms with Gasteiger partial charge in [-0.25, -0.2) is 19.4 Å². The van der Waals surface area contributed by atoms with Gasteiger partial charge < -0.3 is 9.47 Å². The molecule has 0 unspecified atom stereocenters. The fourth-order valence-electron chi connectivity index (χ4n) is 2.30. The monoisotopic (exact) mass is 344 g/mol. The van der Waals surface area contributed by atoms with Crippen LogP contribution in [0, 0.1) is 0 Å². The van der Waals surface area contributed by atoms with Crippen molar-refractivity contribution in [2.24, 2.45) is 0 Å². The molecule has 0 radical (unpaired) electrons. The molecule has 2 heterocycles. The number of ether oxygens (including phenoxy) is 2. The predicted molar refractivity (Wildman–Crippen MR) is 90.5 cm³/mol. The number of rotatable bonds is 5. The van der Waals surface area contributed by atoms with Gasteiger partial charge in [0.15, 0.2) is 16.5 Å². The van der Waals surface area contributed by atoms with E-state index >= 15 is 0 Å². The van der Waals surface area contributed by atoms with Gasteiger partial charge in [-0.2, -0.15) is 5.10 Å². The smallest absolute Gasteiger partial charge is 0.359 e. The van der Waals surface area contributed by atoms with Crippen LogP contribution in [0.25, 0.3) is 11.0 Å².